The largest absolute Gasteiger partial charge is 0.396 e. The highest BCUT2D eigenvalue weighted by Crippen LogP contribution is 2.31. The van der Waals surface area contributed by atoms with Crippen LogP contribution < -0.4 is 11.1 Å². The van der Waals surface area contributed by atoms with Gasteiger partial charge in [0.25, 0.3) is 5.91 Å². The van der Waals surface area contributed by atoms with Gasteiger partial charge in [0, 0.05) is 17.3 Å². The van der Waals surface area contributed by atoms with E-state index in [1.807, 2.05) is 19.1 Å². The van der Waals surface area contributed by atoms with E-state index >= 15 is 0 Å². The minimum atomic E-state index is -0.170. The van der Waals surface area contributed by atoms with Crippen molar-refractivity contribution in [2.24, 2.45) is 0 Å². The van der Waals surface area contributed by atoms with Gasteiger partial charge in [-0.15, -0.1) is 22.7 Å². The fourth-order valence-electron chi connectivity index (χ4n) is 1.85. The standard InChI is InChI=1S/C13H12N4OS2/c1-7-16-5-8(19-7)6-17-13(18)12-10(14)11-9(20-12)3-2-4-15-11/h2-5H,6,14H2,1H3,(H,17,18). The van der Waals surface area contributed by atoms with E-state index in [0.29, 0.717) is 22.6 Å². The lowest BCUT2D eigenvalue weighted by atomic mass is 10.3. The number of amides is 1. The lowest BCUT2D eigenvalue weighted by Crippen LogP contribution is -2.22. The number of carbonyl (C=O) groups is 1. The van der Waals surface area contributed by atoms with Gasteiger partial charge in [0.1, 0.15) is 10.4 Å². The first-order valence-corrected chi connectivity index (χ1v) is 7.61. The summed E-state index contributed by atoms with van der Waals surface area (Å²) in [5.41, 5.74) is 7.13. The summed E-state index contributed by atoms with van der Waals surface area (Å²) in [5.74, 6) is -0.170. The fraction of sp³-hybridized carbons (Fsp3) is 0.154. The SMILES string of the molecule is Cc1ncc(CNC(=O)c2sc3cccnc3c2N)s1. The number of aromatic nitrogens is 2. The minimum Gasteiger partial charge on any atom is -0.396 e. The van der Waals surface area contributed by atoms with Crippen LogP contribution in [-0.4, -0.2) is 15.9 Å². The summed E-state index contributed by atoms with van der Waals surface area (Å²) in [5, 5.41) is 3.85. The van der Waals surface area contributed by atoms with Crippen LogP contribution in [0.25, 0.3) is 10.2 Å². The molecule has 20 heavy (non-hydrogen) atoms. The molecule has 0 spiro atoms. The Morgan fingerprint density at radius 3 is 2.95 bits per heavy atom. The molecule has 0 radical (unpaired) electrons. The molecule has 0 fully saturated rings. The molecule has 0 unspecified atom stereocenters. The quantitative estimate of drug-likeness (QED) is 0.779. The first-order chi connectivity index (χ1) is 9.65. The zero-order valence-electron chi connectivity index (χ0n) is 10.7. The third-order valence-corrected chi connectivity index (χ3v) is 4.85. The Labute approximate surface area is 123 Å². The molecule has 0 atom stereocenters. The summed E-state index contributed by atoms with van der Waals surface area (Å²) in [6.45, 7) is 2.40. The maximum Gasteiger partial charge on any atom is 0.263 e. The molecule has 0 aliphatic carbocycles. The molecule has 0 aliphatic rings. The minimum absolute atomic E-state index is 0.170. The van der Waals surface area contributed by atoms with E-state index in [2.05, 4.69) is 15.3 Å². The molecule has 7 heteroatoms. The number of pyridine rings is 1. The Morgan fingerprint density at radius 2 is 2.25 bits per heavy atom. The molecule has 0 saturated carbocycles. The molecule has 3 aromatic heterocycles. The van der Waals surface area contributed by atoms with E-state index in [4.69, 9.17) is 5.73 Å². The average Bonchev–Trinajstić information content (AvgIpc) is 3.01. The van der Waals surface area contributed by atoms with Crippen LogP contribution >= 0.6 is 22.7 Å². The molecule has 0 aliphatic heterocycles. The van der Waals surface area contributed by atoms with Crippen molar-refractivity contribution in [3.8, 4) is 0 Å². The monoisotopic (exact) mass is 304 g/mol. The Balaban J connectivity index is 1.80. The second kappa shape index (κ2) is 5.18. The molecule has 1 amide bonds. The normalized spacial score (nSPS) is 10.8. The Hall–Kier alpha value is -1.99. The molecule has 0 bridgehead atoms. The number of nitrogens with two attached hydrogens (primary N) is 1. The number of hydrogen-bond acceptors (Lipinski definition) is 6. The van der Waals surface area contributed by atoms with E-state index in [1.54, 1.807) is 23.7 Å². The molecule has 3 aromatic rings. The number of hydrogen-bond donors (Lipinski definition) is 2. The predicted octanol–water partition coefficient (Wildman–Crippen LogP) is 2.57. The number of nitrogens with zero attached hydrogens (tertiary/aromatic N) is 2. The summed E-state index contributed by atoms with van der Waals surface area (Å²) >= 11 is 2.93. The van der Waals surface area contributed by atoms with Gasteiger partial charge in [-0.1, -0.05) is 0 Å². The molecule has 0 aromatic carbocycles. The van der Waals surface area contributed by atoms with Gasteiger partial charge in [0.05, 0.1) is 21.9 Å². The van der Waals surface area contributed by atoms with Crippen molar-refractivity contribution in [2.45, 2.75) is 13.5 Å². The van der Waals surface area contributed by atoms with Crippen molar-refractivity contribution in [2.75, 3.05) is 5.73 Å². The zero-order valence-corrected chi connectivity index (χ0v) is 12.3. The summed E-state index contributed by atoms with van der Waals surface area (Å²) in [6.07, 6.45) is 3.45. The molecule has 3 heterocycles. The van der Waals surface area contributed by atoms with Crippen molar-refractivity contribution in [1.82, 2.24) is 15.3 Å². The van der Waals surface area contributed by atoms with Crippen LogP contribution in [0.15, 0.2) is 24.5 Å². The van der Waals surface area contributed by atoms with Crippen molar-refractivity contribution in [3.63, 3.8) is 0 Å². The maximum absolute atomic E-state index is 12.2. The van der Waals surface area contributed by atoms with Gasteiger partial charge in [-0.05, 0) is 19.1 Å². The number of anilines is 1. The topological polar surface area (TPSA) is 80.9 Å². The zero-order chi connectivity index (χ0) is 14.1. The number of carbonyl (C=O) groups excluding carboxylic acids is 1. The number of thiazole rings is 1. The highest BCUT2D eigenvalue weighted by atomic mass is 32.1. The smallest absolute Gasteiger partial charge is 0.263 e. The lowest BCUT2D eigenvalue weighted by molar-refractivity contribution is 0.0956. The summed E-state index contributed by atoms with van der Waals surface area (Å²) in [6, 6.07) is 3.74. The van der Waals surface area contributed by atoms with Crippen molar-refractivity contribution < 1.29 is 4.79 Å². The summed E-state index contributed by atoms with van der Waals surface area (Å²) < 4.78 is 0.920. The van der Waals surface area contributed by atoms with Gasteiger partial charge in [-0.2, -0.15) is 0 Å². The van der Waals surface area contributed by atoms with E-state index < -0.39 is 0 Å². The van der Waals surface area contributed by atoms with Crippen LogP contribution in [-0.2, 0) is 6.54 Å². The number of nitrogens with one attached hydrogen (secondary N) is 1. The van der Waals surface area contributed by atoms with Gasteiger partial charge in [0.2, 0.25) is 0 Å². The number of aryl methyl sites for hydroxylation is 1. The highest BCUT2D eigenvalue weighted by molar-refractivity contribution is 7.21. The van der Waals surface area contributed by atoms with Crippen LogP contribution in [0.3, 0.4) is 0 Å². The molecular formula is C13H12N4OS2. The fourth-order valence-corrected chi connectivity index (χ4v) is 3.58. The first kappa shape index (κ1) is 13.0. The highest BCUT2D eigenvalue weighted by Gasteiger charge is 2.16. The van der Waals surface area contributed by atoms with Gasteiger partial charge in [-0.3, -0.25) is 9.78 Å². The van der Waals surface area contributed by atoms with Crippen LogP contribution in [0.5, 0.6) is 0 Å². The van der Waals surface area contributed by atoms with Gasteiger partial charge < -0.3 is 11.1 Å². The molecular weight excluding hydrogens is 292 g/mol. The molecule has 5 nitrogen and oxygen atoms in total. The lowest BCUT2D eigenvalue weighted by Gasteiger charge is -2.01. The van der Waals surface area contributed by atoms with E-state index in [1.165, 1.54) is 11.3 Å². The van der Waals surface area contributed by atoms with Crippen LogP contribution in [0.1, 0.15) is 19.6 Å². The van der Waals surface area contributed by atoms with Gasteiger partial charge >= 0.3 is 0 Å². The Kier molecular flexibility index (Phi) is 3.37. The van der Waals surface area contributed by atoms with Crippen molar-refractivity contribution in [3.05, 3.63) is 39.3 Å². The number of rotatable bonds is 3. The van der Waals surface area contributed by atoms with E-state index in [9.17, 15) is 4.79 Å². The van der Waals surface area contributed by atoms with Crippen LogP contribution in [0.2, 0.25) is 0 Å². The van der Waals surface area contributed by atoms with Crippen molar-refractivity contribution in [1.29, 1.82) is 0 Å². The predicted molar refractivity (Wildman–Crippen MR) is 82.1 cm³/mol. The maximum atomic E-state index is 12.2. The summed E-state index contributed by atoms with van der Waals surface area (Å²) in [4.78, 5) is 22.1. The second-order valence-corrected chi connectivity index (χ2v) is 6.59. The molecule has 0 saturated heterocycles. The molecule has 3 N–H and O–H groups in total. The summed E-state index contributed by atoms with van der Waals surface area (Å²) in [7, 11) is 0. The van der Waals surface area contributed by atoms with E-state index in [-0.39, 0.29) is 5.91 Å². The number of fused-ring (bicyclic) bond motifs is 1. The third-order valence-electron chi connectivity index (χ3n) is 2.78. The number of thiophene rings is 1. The average molecular weight is 304 g/mol. The second-order valence-electron chi connectivity index (χ2n) is 4.22. The van der Waals surface area contributed by atoms with Crippen LogP contribution in [0, 0.1) is 6.92 Å². The molecule has 102 valence electrons. The van der Waals surface area contributed by atoms with Crippen LogP contribution in [0.4, 0.5) is 5.69 Å². The van der Waals surface area contributed by atoms with Crippen molar-refractivity contribution >= 4 is 44.5 Å². The Morgan fingerprint density at radius 1 is 1.40 bits per heavy atom. The number of nitrogen functional groups attached to an aromatic ring is 1. The van der Waals surface area contributed by atoms with Gasteiger partial charge in [-0.25, -0.2) is 4.98 Å². The molecule has 3 rings (SSSR count). The third kappa shape index (κ3) is 2.37. The Bertz CT molecular complexity index is 778. The van der Waals surface area contributed by atoms with Gasteiger partial charge in [0.15, 0.2) is 0 Å². The van der Waals surface area contributed by atoms with E-state index in [0.717, 1.165) is 14.6 Å². The first-order valence-electron chi connectivity index (χ1n) is 5.97.